The van der Waals surface area contributed by atoms with Crippen molar-refractivity contribution in [1.82, 2.24) is 15.3 Å². The van der Waals surface area contributed by atoms with Gasteiger partial charge in [0.2, 0.25) is 0 Å². The second kappa shape index (κ2) is 12.5. The van der Waals surface area contributed by atoms with E-state index in [4.69, 9.17) is 26.5 Å². The van der Waals surface area contributed by atoms with Crippen LogP contribution in [0, 0.1) is 10.8 Å². The Kier molecular flexibility index (Phi) is 9.41. The molecule has 9 nitrogen and oxygen atoms in total. The molecule has 0 fully saturated rings. The number of carbonyl (C=O) groups excluding carboxylic acids is 2. The maximum atomic E-state index is 13.3. The topological polar surface area (TPSA) is 126 Å². The van der Waals surface area contributed by atoms with Crippen molar-refractivity contribution in [3.05, 3.63) is 82.5 Å². The molecular formula is C28H32ClN5O4. The fraction of sp³-hybridized carbons (Fsp3) is 0.321. The van der Waals surface area contributed by atoms with Gasteiger partial charge in [-0.2, -0.15) is 4.98 Å². The van der Waals surface area contributed by atoms with Crippen molar-refractivity contribution in [1.29, 1.82) is 5.41 Å². The summed E-state index contributed by atoms with van der Waals surface area (Å²) in [5, 5.41) is 15.5. The number of benzene rings is 2. The molecule has 2 atom stereocenters. The van der Waals surface area contributed by atoms with Crippen molar-refractivity contribution >= 4 is 35.0 Å². The molecule has 3 rings (SSSR count). The van der Waals surface area contributed by atoms with Gasteiger partial charge >= 0.3 is 12.0 Å². The van der Waals surface area contributed by atoms with E-state index in [-0.39, 0.29) is 29.9 Å². The fourth-order valence-corrected chi connectivity index (χ4v) is 3.95. The van der Waals surface area contributed by atoms with Gasteiger partial charge in [0.05, 0.1) is 14.2 Å². The Morgan fingerprint density at radius 1 is 1.05 bits per heavy atom. The molecule has 0 bridgehead atoms. The van der Waals surface area contributed by atoms with Crippen molar-refractivity contribution in [3.63, 3.8) is 0 Å². The Morgan fingerprint density at radius 3 is 2.29 bits per heavy atom. The maximum Gasteiger partial charge on any atom is 0.328 e. The molecule has 1 heterocycles. The lowest BCUT2D eigenvalue weighted by Crippen LogP contribution is -2.49. The van der Waals surface area contributed by atoms with Crippen molar-refractivity contribution < 1.29 is 19.1 Å². The molecule has 0 aliphatic rings. The van der Waals surface area contributed by atoms with Crippen LogP contribution in [0.1, 0.15) is 48.2 Å². The molecule has 10 heteroatoms. The summed E-state index contributed by atoms with van der Waals surface area (Å²) in [5.41, 5.74) is 1.51. The molecule has 1 aromatic heterocycles. The van der Waals surface area contributed by atoms with E-state index in [0.29, 0.717) is 10.7 Å². The molecule has 3 aromatic rings. The zero-order valence-corrected chi connectivity index (χ0v) is 22.8. The van der Waals surface area contributed by atoms with Crippen LogP contribution in [0.25, 0.3) is 0 Å². The number of rotatable bonds is 10. The normalized spacial score (nSPS) is 12.7. The van der Waals surface area contributed by atoms with Gasteiger partial charge in [-0.15, -0.1) is 0 Å². The monoisotopic (exact) mass is 537 g/mol. The molecule has 0 aliphatic carbocycles. The minimum Gasteiger partial charge on any atom is -0.467 e. The molecule has 0 saturated carbocycles. The average Bonchev–Trinajstić information content (AvgIpc) is 2.91. The lowest BCUT2D eigenvalue weighted by atomic mass is 9.86. The van der Waals surface area contributed by atoms with Crippen LogP contribution < -0.4 is 15.4 Å². The van der Waals surface area contributed by atoms with Gasteiger partial charge in [-0.25, -0.2) is 9.78 Å². The van der Waals surface area contributed by atoms with Gasteiger partial charge in [-0.05, 0) is 28.7 Å². The minimum absolute atomic E-state index is 0.0634. The zero-order valence-electron chi connectivity index (χ0n) is 22.0. The zero-order chi connectivity index (χ0) is 27.9. The van der Waals surface area contributed by atoms with Crippen LogP contribution in [-0.4, -0.2) is 54.4 Å². The average molecular weight is 538 g/mol. The van der Waals surface area contributed by atoms with Crippen LogP contribution in [0.2, 0.25) is 5.02 Å². The summed E-state index contributed by atoms with van der Waals surface area (Å²) in [7, 11) is 2.70. The number of amides is 1. The maximum absolute atomic E-state index is 13.3. The van der Waals surface area contributed by atoms with Crippen molar-refractivity contribution in [2.75, 3.05) is 26.1 Å². The first-order valence-electron chi connectivity index (χ1n) is 12.0. The van der Waals surface area contributed by atoms with Gasteiger partial charge in [-0.1, -0.05) is 74.8 Å². The SMILES string of the molecule is COC(=O)C(NC(=O)c1cnc(OC)nc1NCC(C(=N)c1ccc(Cl)cc1)c1ccccc1)C(C)(C)C. The van der Waals surface area contributed by atoms with Crippen molar-refractivity contribution in [2.24, 2.45) is 5.41 Å². The summed E-state index contributed by atoms with van der Waals surface area (Å²) < 4.78 is 10.1. The van der Waals surface area contributed by atoms with Crippen molar-refractivity contribution in [2.45, 2.75) is 32.7 Å². The Morgan fingerprint density at radius 2 is 1.71 bits per heavy atom. The fourth-order valence-electron chi connectivity index (χ4n) is 3.82. The first-order valence-corrected chi connectivity index (χ1v) is 12.4. The lowest BCUT2D eigenvalue weighted by molar-refractivity contribution is -0.145. The highest BCUT2D eigenvalue weighted by Crippen LogP contribution is 2.25. The number of nitrogens with zero attached hydrogens (tertiary/aromatic N) is 2. The van der Waals surface area contributed by atoms with E-state index in [1.165, 1.54) is 20.4 Å². The quantitative estimate of drug-likeness (QED) is 0.252. The summed E-state index contributed by atoms with van der Waals surface area (Å²) in [6.07, 6.45) is 1.34. The number of esters is 1. The van der Waals surface area contributed by atoms with Crippen LogP contribution in [0.15, 0.2) is 60.8 Å². The van der Waals surface area contributed by atoms with E-state index in [1.807, 2.05) is 51.1 Å². The molecule has 0 aliphatic heterocycles. The number of hydrogen-bond acceptors (Lipinski definition) is 8. The Hall–Kier alpha value is -3.98. The highest BCUT2D eigenvalue weighted by molar-refractivity contribution is 6.30. The number of halogens is 1. The molecule has 2 unspecified atom stereocenters. The molecule has 0 radical (unpaired) electrons. The lowest BCUT2D eigenvalue weighted by Gasteiger charge is -2.29. The summed E-state index contributed by atoms with van der Waals surface area (Å²) in [6.45, 7) is 5.72. The molecule has 0 saturated heterocycles. The van der Waals surface area contributed by atoms with Gasteiger partial charge in [0.1, 0.15) is 17.4 Å². The largest absolute Gasteiger partial charge is 0.467 e. The second-order valence-corrected chi connectivity index (χ2v) is 10.1. The molecular weight excluding hydrogens is 506 g/mol. The van der Waals surface area contributed by atoms with Crippen LogP contribution in [0.3, 0.4) is 0 Å². The van der Waals surface area contributed by atoms with Crippen molar-refractivity contribution in [3.8, 4) is 6.01 Å². The van der Waals surface area contributed by atoms with Crippen LogP contribution in [0.5, 0.6) is 6.01 Å². The third kappa shape index (κ3) is 7.07. The third-order valence-electron chi connectivity index (χ3n) is 5.95. The van der Waals surface area contributed by atoms with E-state index in [2.05, 4.69) is 20.6 Å². The number of ether oxygens (including phenoxy) is 2. The third-order valence-corrected chi connectivity index (χ3v) is 6.20. The van der Waals surface area contributed by atoms with E-state index >= 15 is 0 Å². The first-order chi connectivity index (χ1) is 18.0. The summed E-state index contributed by atoms with van der Waals surface area (Å²) >= 11 is 6.05. The van der Waals surface area contributed by atoms with E-state index in [0.717, 1.165) is 11.1 Å². The van der Waals surface area contributed by atoms with Crippen LogP contribution in [-0.2, 0) is 9.53 Å². The minimum atomic E-state index is -0.898. The van der Waals surface area contributed by atoms with Gasteiger partial charge in [0, 0.05) is 29.4 Å². The second-order valence-electron chi connectivity index (χ2n) is 9.68. The summed E-state index contributed by atoms with van der Waals surface area (Å²) in [4.78, 5) is 34.1. The van der Waals surface area contributed by atoms with Gasteiger partial charge in [-0.3, -0.25) is 4.79 Å². The first kappa shape index (κ1) is 28.6. The Labute approximate surface area is 227 Å². The highest BCUT2D eigenvalue weighted by atomic mass is 35.5. The number of aromatic nitrogens is 2. The van der Waals surface area contributed by atoms with E-state index < -0.39 is 23.3 Å². The Bertz CT molecular complexity index is 1280. The molecule has 200 valence electrons. The smallest absolute Gasteiger partial charge is 0.328 e. The number of nitrogens with one attached hydrogen (secondary N) is 3. The van der Waals surface area contributed by atoms with Crippen LogP contribution in [0.4, 0.5) is 5.82 Å². The van der Waals surface area contributed by atoms with E-state index in [1.54, 1.807) is 24.3 Å². The van der Waals surface area contributed by atoms with Crippen LogP contribution >= 0.6 is 11.6 Å². The Balaban J connectivity index is 1.93. The molecule has 3 N–H and O–H groups in total. The van der Waals surface area contributed by atoms with Gasteiger partial charge in [0.25, 0.3) is 5.91 Å². The summed E-state index contributed by atoms with van der Waals surface area (Å²) in [6, 6.07) is 15.8. The molecule has 1 amide bonds. The van der Waals surface area contributed by atoms with Gasteiger partial charge < -0.3 is 25.5 Å². The molecule has 2 aromatic carbocycles. The predicted octanol–water partition coefficient (Wildman–Crippen LogP) is 4.72. The summed E-state index contributed by atoms with van der Waals surface area (Å²) in [5.74, 6) is -1.29. The number of carbonyl (C=O) groups is 2. The molecule has 0 spiro atoms. The number of anilines is 1. The number of methoxy groups -OCH3 is 2. The standard InChI is InChI=1S/C28H32ClN5O4/c1-28(2,3)23(26(36)37-4)33-25(35)21-16-32-27(38-5)34-24(21)31-15-20(17-9-7-6-8-10-17)22(30)18-11-13-19(29)14-12-18/h6-14,16,20,23,30H,15H2,1-5H3,(H,33,35)(H,31,32,34). The van der Waals surface area contributed by atoms with E-state index in [9.17, 15) is 9.59 Å². The molecule has 38 heavy (non-hydrogen) atoms. The number of hydrogen-bond donors (Lipinski definition) is 3. The highest BCUT2D eigenvalue weighted by Gasteiger charge is 2.34. The predicted molar refractivity (Wildman–Crippen MR) is 147 cm³/mol. The van der Waals surface area contributed by atoms with Gasteiger partial charge in [0.15, 0.2) is 0 Å².